The van der Waals surface area contributed by atoms with Crippen molar-refractivity contribution < 1.29 is 4.79 Å². The fraction of sp³-hybridized carbons (Fsp3) is 0.444. The predicted molar refractivity (Wildman–Crippen MR) is 96.4 cm³/mol. The van der Waals surface area contributed by atoms with Crippen LogP contribution in [0.15, 0.2) is 43.0 Å². The minimum absolute atomic E-state index is 0.00720. The average molecular weight is 340 g/mol. The first-order chi connectivity index (χ1) is 12.2. The number of aromatic nitrogens is 3. The molecular weight excluding hydrogens is 316 g/mol. The minimum atomic E-state index is -0.00720. The maximum Gasteiger partial charge on any atom is 0.317 e. The van der Waals surface area contributed by atoms with Crippen LogP contribution in [0.2, 0.25) is 0 Å². The van der Waals surface area contributed by atoms with Gasteiger partial charge in [-0.25, -0.2) is 14.8 Å². The lowest BCUT2D eigenvalue weighted by Crippen LogP contribution is -2.46. The normalized spacial score (nSPS) is 16.2. The fourth-order valence-electron chi connectivity index (χ4n) is 3.00. The molecule has 7 heteroatoms. The van der Waals surface area contributed by atoms with Crippen LogP contribution in [0.5, 0.6) is 0 Å². The van der Waals surface area contributed by atoms with Crippen molar-refractivity contribution in [2.45, 2.75) is 25.8 Å². The smallest absolute Gasteiger partial charge is 0.317 e. The number of hydrogen-bond donors (Lipinski definition) is 1. The predicted octanol–water partition coefficient (Wildman–Crippen LogP) is 1.72. The Kier molecular flexibility index (Phi) is 5.77. The van der Waals surface area contributed by atoms with Crippen LogP contribution in [0.1, 0.15) is 18.9 Å². The van der Waals surface area contributed by atoms with Gasteiger partial charge >= 0.3 is 6.03 Å². The number of rotatable bonds is 4. The Morgan fingerprint density at radius 2 is 2.00 bits per heavy atom. The van der Waals surface area contributed by atoms with Crippen molar-refractivity contribution in [3.63, 3.8) is 0 Å². The van der Waals surface area contributed by atoms with Gasteiger partial charge in [-0.05, 0) is 37.5 Å². The molecule has 7 nitrogen and oxygen atoms in total. The number of amides is 2. The highest BCUT2D eigenvalue weighted by Gasteiger charge is 2.21. The van der Waals surface area contributed by atoms with Crippen molar-refractivity contribution in [3.8, 4) is 0 Å². The Hall–Kier alpha value is -2.70. The highest BCUT2D eigenvalue weighted by atomic mass is 16.2. The number of pyridine rings is 1. The van der Waals surface area contributed by atoms with Crippen LogP contribution in [0, 0.1) is 0 Å². The van der Waals surface area contributed by atoms with Crippen LogP contribution in [-0.2, 0) is 6.42 Å². The monoisotopic (exact) mass is 340 g/mol. The number of hydrogen-bond acceptors (Lipinski definition) is 5. The maximum atomic E-state index is 12.5. The molecular formula is C18H24N6O. The first-order valence-electron chi connectivity index (χ1n) is 8.68. The summed E-state index contributed by atoms with van der Waals surface area (Å²) in [6.07, 6.45) is 8.77. The molecule has 1 fully saturated rings. The Morgan fingerprint density at radius 3 is 2.76 bits per heavy atom. The molecule has 2 aromatic rings. The van der Waals surface area contributed by atoms with Crippen molar-refractivity contribution in [2.24, 2.45) is 0 Å². The Labute approximate surface area is 148 Å². The average Bonchev–Trinajstić information content (AvgIpc) is 2.89. The summed E-state index contributed by atoms with van der Waals surface area (Å²) in [5.41, 5.74) is 1.12. The van der Waals surface area contributed by atoms with Crippen LogP contribution in [-0.4, -0.2) is 58.1 Å². The van der Waals surface area contributed by atoms with Gasteiger partial charge in [-0.1, -0.05) is 6.07 Å². The van der Waals surface area contributed by atoms with Crippen LogP contribution >= 0.6 is 0 Å². The van der Waals surface area contributed by atoms with E-state index in [1.807, 2.05) is 36.2 Å². The summed E-state index contributed by atoms with van der Waals surface area (Å²) in [5.74, 6) is 0.731. The molecule has 132 valence electrons. The first-order valence-corrected chi connectivity index (χ1v) is 8.68. The van der Waals surface area contributed by atoms with Gasteiger partial charge < -0.3 is 15.1 Å². The van der Waals surface area contributed by atoms with Gasteiger partial charge in [-0.15, -0.1) is 0 Å². The zero-order chi connectivity index (χ0) is 17.5. The molecule has 0 spiro atoms. The quantitative estimate of drug-likeness (QED) is 0.917. The molecule has 0 saturated carbocycles. The van der Waals surface area contributed by atoms with E-state index in [9.17, 15) is 4.79 Å². The summed E-state index contributed by atoms with van der Waals surface area (Å²) in [7, 11) is 0. The third-order valence-electron chi connectivity index (χ3n) is 4.25. The second-order valence-corrected chi connectivity index (χ2v) is 6.29. The molecule has 1 atom stereocenters. The summed E-state index contributed by atoms with van der Waals surface area (Å²) in [6.45, 7) is 5.04. The van der Waals surface area contributed by atoms with Crippen LogP contribution in [0.25, 0.3) is 0 Å². The number of carbonyl (C=O) groups is 1. The highest BCUT2D eigenvalue weighted by molar-refractivity contribution is 5.74. The molecule has 25 heavy (non-hydrogen) atoms. The third-order valence-corrected chi connectivity index (χ3v) is 4.25. The van der Waals surface area contributed by atoms with Gasteiger partial charge in [0.05, 0.1) is 0 Å². The molecule has 1 saturated heterocycles. The molecule has 3 heterocycles. The van der Waals surface area contributed by atoms with E-state index in [0.29, 0.717) is 6.54 Å². The molecule has 2 aromatic heterocycles. The highest BCUT2D eigenvalue weighted by Crippen LogP contribution is 2.10. The lowest BCUT2D eigenvalue weighted by Gasteiger charge is -2.24. The van der Waals surface area contributed by atoms with E-state index in [1.54, 1.807) is 18.6 Å². The molecule has 0 radical (unpaired) electrons. The molecule has 1 aliphatic heterocycles. The summed E-state index contributed by atoms with van der Waals surface area (Å²) in [5, 5.41) is 3.09. The minimum Gasteiger partial charge on any atom is -0.339 e. The second-order valence-electron chi connectivity index (χ2n) is 6.29. The molecule has 1 unspecified atom stereocenters. The SMILES string of the molecule is CC(Cc1cccnc1)NC(=O)N1CCCN(c2ncccn2)CC1. The van der Waals surface area contributed by atoms with Gasteiger partial charge in [-0.2, -0.15) is 0 Å². The van der Waals surface area contributed by atoms with Crippen molar-refractivity contribution in [1.29, 1.82) is 0 Å². The van der Waals surface area contributed by atoms with E-state index in [1.165, 1.54) is 0 Å². The standard InChI is InChI=1S/C18H24N6O/c1-15(13-16-5-2-6-19-14-16)22-18(25)24-10-4-9-23(11-12-24)17-20-7-3-8-21-17/h2-3,5-8,14-15H,4,9-13H2,1H3,(H,22,25). The van der Waals surface area contributed by atoms with Gasteiger partial charge in [0.25, 0.3) is 0 Å². The fourth-order valence-corrected chi connectivity index (χ4v) is 3.00. The van der Waals surface area contributed by atoms with E-state index in [2.05, 4.69) is 25.2 Å². The number of anilines is 1. The van der Waals surface area contributed by atoms with E-state index in [0.717, 1.165) is 44.0 Å². The third kappa shape index (κ3) is 4.89. The lowest BCUT2D eigenvalue weighted by molar-refractivity contribution is 0.198. The zero-order valence-corrected chi connectivity index (χ0v) is 14.5. The molecule has 1 aliphatic rings. The number of urea groups is 1. The van der Waals surface area contributed by atoms with Crippen molar-refractivity contribution in [1.82, 2.24) is 25.2 Å². The first kappa shape index (κ1) is 17.1. The van der Waals surface area contributed by atoms with Gasteiger partial charge in [0, 0.05) is 57.0 Å². The largest absolute Gasteiger partial charge is 0.339 e. The Morgan fingerprint density at radius 1 is 1.16 bits per heavy atom. The van der Waals surface area contributed by atoms with Gasteiger partial charge in [0.15, 0.2) is 0 Å². The zero-order valence-electron chi connectivity index (χ0n) is 14.5. The molecule has 1 N–H and O–H groups in total. The van der Waals surface area contributed by atoms with Gasteiger partial charge in [0.1, 0.15) is 0 Å². The van der Waals surface area contributed by atoms with E-state index in [-0.39, 0.29) is 12.1 Å². The molecule has 3 rings (SSSR count). The number of nitrogens with one attached hydrogen (secondary N) is 1. The van der Waals surface area contributed by atoms with E-state index < -0.39 is 0 Å². The molecule has 0 aliphatic carbocycles. The lowest BCUT2D eigenvalue weighted by atomic mass is 10.1. The van der Waals surface area contributed by atoms with Crippen LogP contribution in [0.3, 0.4) is 0 Å². The number of nitrogens with zero attached hydrogens (tertiary/aromatic N) is 5. The molecule has 0 aromatic carbocycles. The van der Waals surface area contributed by atoms with Crippen molar-refractivity contribution >= 4 is 12.0 Å². The van der Waals surface area contributed by atoms with E-state index >= 15 is 0 Å². The topological polar surface area (TPSA) is 74.2 Å². The van der Waals surface area contributed by atoms with Gasteiger partial charge in [0.2, 0.25) is 5.95 Å². The van der Waals surface area contributed by atoms with Crippen LogP contribution in [0.4, 0.5) is 10.7 Å². The molecule has 2 amide bonds. The van der Waals surface area contributed by atoms with Crippen molar-refractivity contribution in [3.05, 3.63) is 48.5 Å². The van der Waals surface area contributed by atoms with Crippen molar-refractivity contribution in [2.75, 3.05) is 31.1 Å². The summed E-state index contributed by atoms with van der Waals surface area (Å²) in [6, 6.07) is 5.81. The number of carbonyl (C=O) groups excluding carboxylic acids is 1. The Bertz CT molecular complexity index is 666. The Balaban J connectivity index is 1.51. The summed E-state index contributed by atoms with van der Waals surface area (Å²) < 4.78 is 0. The second kappa shape index (κ2) is 8.41. The van der Waals surface area contributed by atoms with Crippen LogP contribution < -0.4 is 10.2 Å². The molecule has 0 bridgehead atoms. The summed E-state index contributed by atoms with van der Waals surface area (Å²) >= 11 is 0. The van der Waals surface area contributed by atoms with Gasteiger partial charge in [-0.3, -0.25) is 4.98 Å². The summed E-state index contributed by atoms with van der Waals surface area (Å²) in [4.78, 5) is 29.3. The maximum absolute atomic E-state index is 12.5. The van der Waals surface area contributed by atoms with E-state index in [4.69, 9.17) is 0 Å².